The number of phenolic OH excluding ortho intramolecular Hbond substituents is 1. The molecule has 1 aromatic heterocycles. The largest absolute Gasteiger partial charge is 0.508 e. The van der Waals surface area contributed by atoms with Crippen LogP contribution in [-0.2, 0) is 24.1 Å². The van der Waals surface area contributed by atoms with Crippen molar-refractivity contribution in [2.24, 2.45) is 5.41 Å². The van der Waals surface area contributed by atoms with E-state index in [-0.39, 0.29) is 22.6 Å². The van der Waals surface area contributed by atoms with E-state index in [1.54, 1.807) is 18.2 Å². The summed E-state index contributed by atoms with van der Waals surface area (Å²) in [6.45, 7) is 7.47. The number of aryl methyl sites for hydroxylation is 1. The molecule has 1 aliphatic carbocycles. The predicted molar refractivity (Wildman–Crippen MR) is 162 cm³/mol. The van der Waals surface area contributed by atoms with Gasteiger partial charge in [0.15, 0.2) is 0 Å². The maximum Gasteiger partial charge on any atom is 0.318 e. The van der Waals surface area contributed by atoms with Gasteiger partial charge in [0, 0.05) is 60.7 Å². The molecule has 42 heavy (non-hydrogen) atoms. The molecule has 8 nitrogen and oxygen atoms in total. The van der Waals surface area contributed by atoms with E-state index in [2.05, 4.69) is 28.8 Å². The number of hydrogen-bond acceptors (Lipinski definition) is 8. The van der Waals surface area contributed by atoms with Crippen molar-refractivity contribution in [3.05, 3.63) is 46.9 Å². The van der Waals surface area contributed by atoms with Crippen molar-refractivity contribution in [2.45, 2.75) is 64.0 Å². The number of piperidine rings is 1. The van der Waals surface area contributed by atoms with Gasteiger partial charge in [-0.25, -0.2) is 4.39 Å². The number of hydrogen-bond donors (Lipinski definition) is 1. The minimum atomic E-state index is -0.210. The molecular weight excluding hydrogens is 533 g/mol. The number of anilines is 2. The van der Waals surface area contributed by atoms with E-state index in [1.165, 1.54) is 6.07 Å². The van der Waals surface area contributed by atoms with Crippen molar-refractivity contribution < 1.29 is 19.0 Å². The van der Waals surface area contributed by atoms with Gasteiger partial charge in [0.2, 0.25) is 0 Å². The molecule has 2 saturated heterocycles. The fourth-order valence-electron chi connectivity index (χ4n) is 7.40. The van der Waals surface area contributed by atoms with Crippen LogP contribution in [0.2, 0.25) is 0 Å². The van der Waals surface area contributed by atoms with Crippen LogP contribution in [0.25, 0.3) is 10.8 Å². The Labute approximate surface area is 247 Å². The van der Waals surface area contributed by atoms with Gasteiger partial charge in [-0.1, -0.05) is 13.0 Å². The Morgan fingerprint density at radius 3 is 2.64 bits per heavy atom. The molecule has 1 atom stereocenters. The summed E-state index contributed by atoms with van der Waals surface area (Å²) in [5.41, 5.74) is 3.75. The number of aromatic hydroxyl groups is 1. The first kappa shape index (κ1) is 27.7. The molecule has 3 aliphatic heterocycles. The third-order valence-electron chi connectivity index (χ3n) is 9.77. The molecule has 2 aromatic carbocycles. The van der Waals surface area contributed by atoms with Crippen molar-refractivity contribution >= 4 is 22.3 Å². The molecule has 0 amide bonds. The maximum atomic E-state index is 14.9. The highest BCUT2D eigenvalue weighted by molar-refractivity contribution is 5.98. The van der Waals surface area contributed by atoms with E-state index in [9.17, 15) is 9.50 Å². The second kappa shape index (κ2) is 10.5. The molecular formula is C33H42FN5O3. The van der Waals surface area contributed by atoms with Crippen LogP contribution in [0.15, 0.2) is 24.3 Å². The lowest BCUT2D eigenvalue weighted by atomic mass is 9.85. The summed E-state index contributed by atoms with van der Waals surface area (Å²) < 4.78 is 27.4. The van der Waals surface area contributed by atoms with Gasteiger partial charge in [0.05, 0.1) is 31.1 Å². The number of halogens is 1. The van der Waals surface area contributed by atoms with Crippen molar-refractivity contribution in [3.63, 3.8) is 0 Å². The van der Waals surface area contributed by atoms with Crippen LogP contribution >= 0.6 is 0 Å². The van der Waals surface area contributed by atoms with E-state index in [4.69, 9.17) is 19.4 Å². The van der Waals surface area contributed by atoms with Gasteiger partial charge >= 0.3 is 6.01 Å². The fourth-order valence-corrected chi connectivity index (χ4v) is 7.40. The number of benzene rings is 2. The normalized spacial score (nSPS) is 22.9. The van der Waals surface area contributed by atoms with Gasteiger partial charge in [-0.05, 0) is 75.7 Å². The Bertz CT molecular complexity index is 1500. The monoisotopic (exact) mass is 575 g/mol. The number of phenols is 1. The zero-order valence-corrected chi connectivity index (χ0v) is 25.1. The molecule has 1 unspecified atom stereocenters. The molecule has 3 fully saturated rings. The fraction of sp³-hybridized carbons (Fsp3) is 0.576. The first-order valence-electron chi connectivity index (χ1n) is 15.5. The van der Waals surface area contributed by atoms with Gasteiger partial charge < -0.3 is 29.3 Å². The van der Waals surface area contributed by atoms with Gasteiger partial charge in [0.25, 0.3) is 0 Å². The first-order valence-corrected chi connectivity index (χ1v) is 15.5. The molecule has 3 aromatic rings. The Hall–Kier alpha value is -3.17. The zero-order valence-electron chi connectivity index (χ0n) is 25.1. The van der Waals surface area contributed by atoms with Crippen LogP contribution < -0.4 is 14.5 Å². The summed E-state index contributed by atoms with van der Waals surface area (Å²) in [6, 6.07) is 7.18. The van der Waals surface area contributed by atoms with Gasteiger partial charge in [0.1, 0.15) is 17.4 Å². The van der Waals surface area contributed by atoms with E-state index < -0.39 is 0 Å². The molecule has 9 heteroatoms. The minimum Gasteiger partial charge on any atom is -0.508 e. The topological polar surface area (TPSA) is 74.2 Å². The number of fused-ring (bicyclic) bond motifs is 2. The standard InChI is InChI=1S/C33H42FN5O3/c1-4-24-26(34)7-6-22-16-23(40)17-28(29(22)24)38-14-8-25-27(18-38)35-31(41-21-32(10-11-32)19-37(2)3)36-30(25)39-13-5-9-33(20-39)12-15-42-33/h6-7,16-17,40H,4-5,8-15,18-21H2,1-3H3. The number of ether oxygens (including phenoxy) is 2. The third-order valence-corrected chi connectivity index (χ3v) is 9.77. The Balaban J connectivity index is 1.25. The van der Waals surface area contributed by atoms with Crippen LogP contribution in [-0.4, -0.2) is 79.1 Å². The maximum absolute atomic E-state index is 14.9. The number of rotatable bonds is 8. The number of aromatic nitrogens is 2. The molecule has 1 spiro atoms. The quantitative estimate of drug-likeness (QED) is 0.399. The average Bonchev–Trinajstić information content (AvgIpc) is 3.73. The summed E-state index contributed by atoms with van der Waals surface area (Å²) in [7, 11) is 4.22. The van der Waals surface area contributed by atoms with Crippen LogP contribution in [0.3, 0.4) is 0 Å². The Morgan fingerprint density at radius 2 is 1.93 bits per heavy atom. The summed E-state index contributed by atoms with van der Waals surface area (Å²) in [4.78, 5) is 16.9. The molecule has 4 heterocycles. The highest BCUT2D eigenvalue weighted by Crippen LogP contribution is 2.46. The van der Waals surface area contributed by atoms with E-state index in [1.807, 2.05) is 6.92 Å². The molecule has 224 valence electrons. The van der Waals surface area contributed by atoms with Crippen molar-refractivity contribution in [3.8, 4) is 11.8 Å². The second-order valence-corrected chi connectivity index (χ2v) is 13.2. The van der Waals surface area contributed by atoms with E-state index in [0.717, 1.165) is 105 Å². The lowest BCUT2D eigenvalue weighted by Gasteiger charge is -2.49. The van der Waals surface area contributed by atoms with Crippen molar-refractivity contribution in [1.82, 2.24) is 14.9 Å². The van der Waals surface area contributed by atoms with Crippen molar-refractivity contribution in [1.29, 1.82) is 0 Å². The molecule has 0 bridgehead atoms. The average molecular weight is 576 g/mol. The smallest absolute Gasteiger partial charge is 0.318 e. The molecule has 0 radical (unpaired) electrons. The summed E-state index contributed by atoms with van der Waals surface area (Å²) in [6.07, 6.45) is 6.92. The lowest BCUT2D eigenvalue weighted by Crippen LogP contribution is -2.56. The number of nitrogens with zero attached hydrogens (tertiary/aromatic N) is 5. The summed E-state index contributed by atoms with van der Waals surface area (Å²) in [5.74, 6) is 0.945. The van der Waals surface area contributed by atoms with Crippen molar-refractivity contribution in [2.75, 3.05) is 63.3 Å². The zero-order chi connectivity index (χ0) is 29.1. The summed E-state index contributed by atoms with van der Waals surface area (Å²) in [5, 5.41) is 12.3. The molecule has 7 rings (SSSR count). The minimum absolute atomic E-state index is 0.0529. The van der Waals surface area contributed by atoms with Crippen LogP contribution in [0.5, 0.6) is 11.8 Å². The SMILES string of the molecule is CCc1c(F)ccc2cc(O)cc(N3CCc4c(nc(OCC5(CN(C)C)CC5)nc4N4CCCC5(CCO5)C4)C3)c12. The lowest BCUT2D eigenvalue weighted by molar-refractivity contribution is -0.151. The van der Waals surface area contributed by atoms with Crippen LogP contribution in [0.1, 0.15) is 55.8 Å². The van der Waals surface area contributed by atoms with Gasteiger partial charge in [-0.2, -0.15) is 9.97 Å². The highest BCUT2D eigenvalue weighted by Gasteiger charge is 2.45. The Kier molecular flexibility index (Phi) is 6.93. The van der Waals surface area contributed by atoms with Gasteiger partial charge in [-0.3, -0.25) is 0 Å². The van der Waals surface area contributed by atoms with Crippen LogP contribution in [0.4, 0.5) is 15.9 Å². The predicted octanol–water partition coefficient (Wildman–Crippen LogP) is 5.08. The van der Waals surface area contributed by atoms with E-state index in [0.29, 0.717) is 31.1 Å². The molecule has 1 saturated carbocycles. The Morgan fingerprint density at radius 1 is 1.10 bits per heavy atom. The first-order chi connectivity index (χ1) is 20.3. The highest BCUT2D eigenvalue weighted by atomic mass is 19.1. The van der Waals surface area contributed by atoms with Crippen LogP contribution in [0, 0.1) is 11.2 Å². The molecule has 4 aliphatic rings. The summed E-state index contributed by atoms with van der Waals surface area (Å²) >= 11 is 0. The second-order valence-electron chi connectivity index (χ2n) is 13.2. The third kappa shape index (κ3) is 5.04. The van der Waals surface area contributed by atoms with E-state index >= 15 is 0 Å². The molecule has 1 N–H and O–H groups in total. The van der Waals surface area contributed by atoms with Gasteiger partial charge in [-0.15, -0.1) is 0 Å².